The molecule has 0 bridgehead atoms. The number of piperazine rings is 1. The van der Waals surface area contributed by atoms with E-state index in [-0.39, 0.29) is 6.03 Å². The lowest BCUT2D eigenvalue weighted by molar-refractivity contribution is 0.135. The number of furan rings is 1. The van der Waals surface area contributed by atoms with Crippen LogP contribution in [0.2, 0.25) is 0 Å². The van der Waals surface area contributed by atoms with Gasteiger partial charge in [0, 0.05) is 37.6 Å². The molecule has 0 radical (unpaired) electrons. The molecule has 2 amide bonds. The monoisotopic (exact) mass is 305 g/mol. The Morgan fingerprint density at radius 2 is 2.10 bits per heavy atom. The summed E-state index contributed by atoms with van der Waals surface area (Å²) in [6.07, 6.45) is 1.62. The summed E-state index contributed by atoms with van der Waals surface area (Å²) < 4.78 is 5.21. The first-order valence-electron chi connectivity index (χ1n) is 7.11. The molecule has 2 aromatic rings. The number of urea groups is 1. The van der Waals surface area contributed by atoms with Crippen LogP contribution in [0.15, 0.2) is 40.3 Å². The molecule has 5 nitrogen and oxygen atoms in total. The van der Waals surface area contributed by atoms with E-state index >= 15 is 0 Å². The van der Waals surface area contributed by atoms with E-state index < -0.39 is 0 Å². The molecule has 112 valence electrons. The summed E-state index contributed by atoms with van der Waals surface area (Å²) in [4.78, 5) is 17.7. The Morgan fingerprint density at radius 3 is 2.76 bits per heavy atom. The number of amides is 2. The minimum atomic E-state index is -0.0119. The van der Waals surface area contributed by atoms with Gasteiger partial charge in [0.25, 0.3) is 0 Å². The van der Waals surface area contributed by atoms with Crippen LogP contribution < -0.4 is 5.32 Å². The van der Waals surface area contributed by atoms with Crippen molar-refractivity contribution in [1.29, 1.82) is 0 Å². The fourth-order valence-corrected chi connectivity index (χ4v) is 3.17. The fourth-order valence-electron chi connectivity index (χ4n) is 2.42. The van der Waals surface area contributed by atoms with Crippen LogP contribution in [0.1, 0.15) is 10.6 Å². The van der Waals surface area contributed by atoms with E-state index in [1.807, 2.05) is 17.0 Å². The van der Waals surface area contributed by atoms with E-state index in [4.69, 9.17) is 4.42 Å². The van der Waals surface area contributed by atoms with E-state index in [9.17, 15) is 4.79 Å². The van der Waals surface area contributed by atoms with Gasteiger partial charge in [0.05, 0.1) is 12.8 Å². The Labute approximate surface area is 128 Å². The predicted molar refractivity (Wildman–Crippen MR) is 82.1 cm³/mol. The van der Waals surface area contributed by atoms with E-state index in [2.05, 4.69) is 27.7 Å². The van der Waals surface area contributed by atoms with E-state index in [0.717, 1.165) is 38.5 Å². The number of rotatable bonds is 4. The molecule has 0 atom stereocenters. The van der Waals surface area contributed by atoms with Gasteiger partial charge >= 0.3 is 6.03 Å². The minimum Gasteiger partial charge on any atom is -0.467 e. The third-order valence-electron chi connectivity index (χ3n) is 3.61. The van der Waals surface area contributed by atoms with Crippen LogP contribution >= 0.6 is 11.3 Å². The van der Waals surface area contributed by atoms with Gasteiger partial charge in [-0.3, -0.25) is 4.90 Å². The summed E-state index contributed by atoms with van der Waals surface area (Å²) in [5.41, 5.74) is 0. The van der Waals surface area contributed by atoms with Crippen molar-refractivity contribution in [2.75, 3.05) is 26.2 Å². The Bertz CT molecular complexity index is 546. The van der Waals surface area contributed by atoms with Crippen molar-refractivity contribution in [3.8, 4) is 0 Å². The normalized spacial score (nSPS) is 16.1. The maximum Gasteiger partial charge on any atom is 0.317 e. The van der Waals surface area contributed by atoms with Crippen molar-refractivity contribution >= 4 is 17.4 Å². The summed E-state index contributed by atoms with van der Waals surface area (Å²) >= 11 is 1.79. The van der Waals surface area contributed by atoms with Gasteiger partial charge in [-0.2, -0.15) is 0 Å². The van der Waals surface area contributed by atoms with Crippen molar-refractivity contribution < 1.29 is 9.21 Å². The molecule has 3 rings (SSSR count). The highest BCUT2D eigenvalue weighted by Gasteiger charge is 2.21. The highest BCUT2D eigenvalue weighted by atomic mass is 32.1. The number of hydrogen-bond donors (Lipinski definition) is 1. The first kappa shape index (κ1) is 14.2. The Hall–Kier alpha value is -1.79. The third kappa shape index (κ3) is 3.86. The average molecular weight is 305 g/mol. The fraction of sp³-hybridized carbons (Fsp3) is 0.400. The van der Waals surface area contributed by atoms with Crippen LogP contribution in [0.4, 0.5) is 4.79 Å². The van der Waals surface area contributed by atoms with Gasteiger partial charge in [0.15, 0.2) is 0 Å². The van der Waals surface area contributed by atoms with Crippen LogP contribution in [0.5, 0.6) is 0 Å². The smallest absolute Gasteiger partial charge is 0.317 e. The molecule has 1 N–H and O–H groups in total. The average Bonchev–Trinajstić information content (AvgIpc) is 3.19. The predicted octanol–water partition coefficient (Wildman–Crippen LogP) is 2.37. The molecule has 0 aliphatic carbocycles. The molecule has 21 heavy (non-hydrogen) atoms. The van der Waals surface area contributed by atoms with Crippen LogP contribution in [0.25, 0.3) is 0 Å². The van der Waals surface area contributed by atoms with Gasteiger partial charge in [-0.15, -0.1) is 11.3 Å². The quantitative estimate of drug-likeness (QED) is 0.943. The van der Waals surface area contributed by atoms with E-state index in [0.29, 0.717) is 6.54 Å². The third-order valence-corrected chi connectivity index (χ3v) is 4.47. The molecule has 1 saturated heterocycles. The largest absolute Gasteiger partial charge is 0.467 e. The molecule has 0 aromatic carbocycles. The van der Waals surface area contributed by atoms with Gasteiger partial charge in [0.1, 0.15) is 5.76 Å². The van der Waals surface area contributed by atoms with Crippen molar-refractivity contribution in [3.63, 3.8) is 0 Å². The molecule has 1 fully saturated rings. The second-order valence-corrected chi connectivity index (χ2v) is 6.11. The van der Waals surface area contributed by atoms with Crippen LogP contribution in [0.3, 0.4) is 0 Å². The molecular formula is C15H19N3O2S. The zero-order chi connectivity index (χ0) is 14.5. The molecule has 3 heterocycles. The van der Waals surface area contributed by atoms with Crippen molar-refractivity contribution in [3.05, 3.63) is 46.5 Å². The second-order valence-electron chi connectivity index (χ2n) is 5.08. The van der Waals surface area contributed by atoms with Crippen molar-refractivity contribution in [2.45, 2.75) is 13.1 Å². The standard InChI is InChI=1S/C15H19N3O2S/c19-15(16-11-13-3-1-9-20-13)18-7-5-17(6-8-18)12-14-4-2-10-21-14/h1-4,9-10H,5-8,11-12H2,(H,16,19). The maximum absolute atomic E-state index is 12.1. The van der Waals surface area contributed by atoms with Crippen molar-refractivity contribution in [1.82, 2.24) is 15.1 Å². The zero-order valence-electron chi connectivity index (χ0n) is 11.8. The molecular weight excluding hydrogens is 286 g/mol. The number of nitrogens with one attached hydrogen (secondary N) is 1. The minimum absolute atomic E-state index is 0.0119. The number of nitrogens with zero attached hydrogens (tertiary/aromatic N) is 2. The lowest BCUT2D eigenvalue weighted by Crippen LogP contribution is -2.51. The Kier molecular flexibility index (Phi) is 4.57. The zero-order valence-corrected chi connectivity index (χ0v) is 12.6. The van der Waals surface area contributed by atoms with Gasteiger partial charge in [-0.1, -0.05) is 6.07 Å². The SMILES string of the molecule is O=C(NCc1ccco1)N1CCN(Cc2cccs2)CC1. The van der Waals surface area contributed by atoms with E-state index in [1.165, 1.54) is 4.88 Å². The van der Waals surface area contributed by atoms with Gasteiger partial charge in [-0.25, -0.2) is 4.79 Å². The van der Waals surface area contributed by atoms with E-state index in [1.54, 1.807) is 17.6 Å². The second kappa shape index (κ2) is 6.78. The summed E-state index contributed by atoms with van der Waals surface area (Å²) in [6, 6.07) is 7.91. The molecule has 1 aliphatic heterocycles. The molecule has 0 spiro atoms. The lowest BCUT2D eigenvalue weighted by atomic mass is 10.3. The Morgan fingerprint density at radius 1 is 1.24 bits per heavy atom. The highest BCUT2D eigenvalue weighted by Crippen LogP contribution is 2.13. The summed E-state index contributed by atoms with van der Waals surface area (Å²) in [6.45, 7) is 4.82. The van der Waals surface area contributed by atoms with Gasteiger partial charge in [0.2, 0.25) is 0 Å². The van der Waals surface area contributed by atoms with Crippen LogP contribution in [-0.4, -0.2) is 42.0 Å². The molecule has 1 aliphatic rings. The molecule has 2 aromatic heterocycles. The summed E-state index contributed by atoms with van der Waals surface area (Å²) in [7, 11) is 0. The summed E-state index contributed by atoms with van der Waals surface area (Å²) in [5.74, 6) is 0.777. The maximum atomic E-state index is 12.1. The van der Waals surface area contributed by atoms with Gasteiger partial charge < -0.3 is 14.6 Å². The molecule has 0 unspecified atom stereocenters. The molecule has 0 saturated carbocycles. The highest BCUT2D eigenvalue weighted by molar-refractivity contribution is 7.09. The van der Waals surface area contributed by atoms with Crippen LogP contribution in [-0.2, 0) is 13.1 Å². The number of thiophene rings is 1. The Balaban J connectivity index is 1.41. The van der Waals surface area contributed by atoms with Crippen LogP contribution in [0, 0.1) is 0 Å². The lowest BCUT2D eigenvalue weighted by Gasteiger charge is -2.34. The first-order valence-corrected chi connectivity index (χ1v) is 7.99. The first-order chi connectivity index (χ1) is 10.3. The number of carbonyl (C=O) groups is 1. The molecule has 6 heteroatoms. The van der Waals surface area contributed by atoms with Crippen molar-refractivity contribution in [2.24, 2.45) is 0 Å². The topological polar surface area (TPSA) is 48.7 Å². The van der Waals surface area contributed by atoms with Gasteiger partial charge in [-0.05, 0) is 23.6 Å². The summed E-state index contributed by atoms with van der Waals surface area (Å²) in [5, 5.41) is 5.00. The number of hydrogen-bond acceptors (Lipinski definition) is 4. The number of carbonyl (C=O) groups excluding carboxylic acids is 1.